The molecule has 0 spiro atoms. The SMILES string of the molecule is Cc1sc2nc(COc3ccc(F)cc3)cc(=O)n2c1C1CC1CF. The Morgan fingerprint density at radius 1 is 1.36 bits per heavy atom. The number of aromatic nitrogens is 2. The number of thiazole rings is 1. The van der Waals surface area contributed by atoms with Crippen molar-refractivity contribution in [3.05, 3.63) is 62.8 Å². The van der Waals surface area contributed by atoms with E-state index in [0.29, 0.717) is 16.4 Å². The van der Waals surface area contributed by atoms with Gasteiger partial charge in [0.05, 0.1) is 12.4 Å². The van der Waals surface area contributed by atoms with E-state index in [1.54, 1.807) is 4.40 Å². The Labute approximate surface area is 146 Å². The molecule has 0 bridgehead atoms. The van der Waals surface area contributed by atoms with Gasteiger partial charge in [0, 0.05) is 22.6 Å². The summed E-state index contributed by atoms with van der Waals surface area (Å²) in [6, 6.07) is 7.12. The van der Waals surface area contributed by atoms with Crippen LogP contribution in [0.1, 0.15) is 28.6 Å². The van der Waals surface area contributed by atoms with Crippen LogP contribution in [0, 0.1) is 18.7 Å². The average molecular weight is 362 g/mol. The third-order valence-electron chi connectivity index (χ3n) is 4.46. The lowest BCUT2D eigenvalue weighted by atomic mass is 10.2. The van der Waals surface area contributed by atoms with Crippen molar-refractivity contribution in [3.63, 3.8) is 0 Å². The fraction of sp³-hybridized carbons (Fsp3) is 0.333. The first kappa shape index (κ1) is 16.2. The van der Waals surface area contributed by atoms with Crippen molar-refractivity contribution in [1.82, 2.24) is 9.38 Å². The molecule has 3 aromatic rings. The van der Waals surface area contributed by atoms with Gasteiger partial charge in [-0.15, -0.1) is 11.3 Å². The van der Waals surface area contributed by atoms with Gasteiger partial charge >= 0.3 is 0 Å². The monoisotopic (exact) mass is 362 g/mol. The van der Waals surface area contributed by atoms with Crippen molar-refractivity contribution in [3.8, 4) is 5.75 Å². The van der Waals surface area contributed by atoms with Gasteiger partial charge < -0.3 is 4.74 Å². The van der Waals surface area contributed by atoms with Crippen LogP contribution in [-0.4, -0.2) is 16.1 Å². The summed E-state index contributed by atoms with van der Waals surface area (Å²) in [5.41, 5.74) is 1.23. The van der Waals surface area contributed by atoms with Gasteiger partial charge in [0.25, 0.3) is 5.56 Å². The molecule has 2 atom stereocenters. The van der Waals surface area contributed by atoms with Gasteiger partial charge in [0.15, 0.2) is 4.96 Å². The van der Waals surface area contributed by atoms with Crippen molar-refractivity contribution in [2.24, 2.45) is 5.92 Å². The molecule has 1 aliphatic carbocycles. The number of ether oxygens (including phenoxy) is 1. The van der Waals surface area contributed by atoms with Gasteiger partial charge in [0.1, 0.15) is 18.2 Å². The van der Waals surface area contributed by atoms with Crippen molar-refractivity contribution in [1.29, 1.82) is 0 Å². The first-order chi connectivity index (χ1) is 12.1. The van der Waals surface area contributed by atoms with Crippen molar-refractivity contribution in [2.75, 3.05) is 6.67 Å². The topological polar surface area (TPSA) is 43.6 Å². The Hall–Kier alpha value is -2.28. The summed E-state index contributed by atoms with van der Waals surface area (Å²) in [7, 11) is 0. The van der Waals surface area contributed by atoms with E-state index in [0.717, 1.165) is 17.0 Å². The zero-order chi connectivity index (χ0) is 17.6. The van der Waals surface area contributed by atoms with Gasteiger partial charge in [-0.1, -0.05) is 0 Å². The van der Waals surface area contributed by atoms with E-state index < -0.39 is 0 Å². The lowest BCUT2D eigenvalue weighted by molar-refractivity contribution is 0.301. The fourth-order valence-electron chi connectivity index (χ4n) is 3.09. The molecule has 0 amide bonds. The third kappa shape index (κ3) is 3.04. The van der Waals surface area contributed by atoms with Gasteiger partial charge in [-0.05, 0) is 43.5 Å². The maximum absolute atomic E-state index is 12.9. The quantitative estimate of drug-likeness (QED) is 0.692. The highest BCUT2D eigenvalue weighted by atomic mass is 32.1. The van der Waals surface area contributed by atoms with E-state index >= 15 is 0 Å². The molecule has 25 heavy (non-hydrogen) atoms. The van der Waals surface area contributed by atoms with E-state index in [4.69, 9.17) is 4.74 Å². The average Bonchev–Trinajstić information content (AvgIpc) is 3.29. The van der Waals surface area contributed by atoms with Crippen LogP contribution in [0.3, 0.4) is 0 Å². The summed E-state index contributed by atoms with van der Waals surface area (Å²) < 4.78 is 32.9. The minimum absolute atomic E-state index is 0.0184. The number of hydrogen-bond acceptors (Lipinski definition) is 4. The van der Waals surface area contributed by atoms with E-state index in [9.17, 15) is 13.6 Å². The molecule has 0 saturated heterocycles. The zero-order valence-corrected chi connectivity index (χ0v) is 14.4. The number of benzene rings is 1. The molecule has 7 heteroatoms. The number of halogens is 2. The molecule has 1 fully saturated rings. The van der Waals surface area contributed by atoms with Gasteiger partial charge in [0.2, 0.25) is 0 Å². The summed E-state index contributed by atoms with van der Waals surface area (Å²) in [5, 5.41) is 0. The number of alkyl halides is 1. The van der Waals surface area contributed by atoms with Gasteiger partial charge in [-0.3, -0.25) is 13.6 Å². The highest BCUT2D eigenvalue weighted by molar-refractivity contribution is 7.17. The number of nitrogens with zero attached hydrogens (tertiary/aromatic N) is 2. The Kier molecular flexibility index (Phi) is 4.03. The molecule has 0 N–H and O–H groups in total. The van der Waals surface area contributed by atoms with Crippen molar-refractivity contribution < 1.29 is 13.5 Å². The summed E-state index contributed by atoms with van der Waals surface area (Å²) in [5.74, 6) is 0.304. The Morgan fingerprint density at radius 2 is 2.12 bits per heavy atom. The largest absolute Gasteiger partial charge is 0.487 e. The van der Waals surface area contributed by atoms with Crippen LogP contribution in [0.25, 0.3) is 4.96 Å². The molecule has 0 radical (unpaired) electrons. The second-order valence-corrected chi connectivity index (χ2v) is 7.43. The summed E-state index contributed by atoms with van der Waals surface area (Å²) in [4.78, 5) is 18.6. The minimum atomic E-state index is -0.354. The fourth-order valence-corrected chi connectivity index (χ4v) is 4.15. The van der Waals surface area contributed by atoms with Crippen LogP contribution in [0.5, 0.6) is 5.75 Å². The normalized spacial score (nSPS) is 19.3. The van der Waals surface area contributed by atoms with E-state index in [1.165, 1.54) is 41.7 Å². The lowest BCUT2D eigenvalue weighted by Crippen LogP contribution is -2.17. The van der Waals surface area contributed by atoms with E-state index in [-0.39, 0.29) is 36.5 Å². The van der Waals surface area contributed by atoms with Crippen molar-refractivity contribution in [2.45, 2.75) is 25.9 Å². The summed E-state index contributed by atoms with van der Waals surface area (Å²) in [6.45, 7) is 1.71. The molecule has 2 unspecified atom stereocenters. The first-order valence-electron chi connectivity index (χ1n) is 8.03. The molecular weight excluding hydrogens is 346 g/mol. The Morgan fingerprint density at radius 3 is 2.80 bits per heavy atom. The predicted octanol–water partition coefficient (Wildman–Crippen LogP) is 3.86. The number of fused-ring (bicyclic) bond motifs is 1. The van der Waals surface area contributed by atoms with Crippen LogP contribution >= 0.6 is 11.3 Å². The lowest BCUT2D eigenvalue weighted by Gasteiger charge is -2.06. The smallest absolute Gasteiger partial charge is 0.259 e. The molecule has 130 valence electrons. The molecule has 1 saturated carbocycles. The Bertz CT molecular complexity index is 981. The van der Waals surface area contributed by atoms with Crippen LogP contribution in [0.15, 0.2) is 35.1 Å². The molecule has 2 aromatic heterocycles. The Balaban J connectivity index is 1.62. The maximum atomic E-state index is 12.9. The van der Waals surface area contributed by atoms with Crippen LogP contribution < -0.4 is 10.3 Å². The van der Waals surface area contributed by atoms with Crippen LogP contribution in [0.2, 0.25) is 0 Å². The number of rotatable bonds is 5. The highest BCUT2D eigenvalue weighted by Crippen LogP contribution is 2.49. The minimum Gasteiger partial charge on any atom is -0.487 e. The first-order valence-corrected chi connectivity index (χ1v) is 8.84. The second-order valence-electron chi connectivity index (χ2n) is 6.25. The molecule has 4 rings (SSSR count). The molecule has 0 aliphatic heterocycles. The maximum Gasteiger partial charge on any atom is 0.259 e. The summed E-state index contributed by atoms with van der Waals surface area (Å²) in [6.07, 6.45) is 0.783. The zero-order valence-electron chi connectivity index (χ0n) is 13.5. The van der Waals surface area contributed by atoms with E-state index in [2.05, 4.69) is 4.98 Å². The molecule has 2 heterocycles. The second kappa shape index (κ2) is 6.22. The number of hydrogen-bond donors (Lipinski definition) is 0. The van der Waals surface area contributed by atoms with Crippen LogP contribution in [-0.2, 0) is 6.61 Å². The highest BCUT2D eigenvalue weighted by Gasteiger charge is 2.41. The van der Waals surface area contributed by atoms with Crippen molar-refractivity contribution >= 4 is 16.3 Å². The molecule has 1 aromatic carbocycles. The number of aryl methyl sites for hydroxylation is 1. The van der Waals surface area contributed by atoms with E-state index in [1.807, 2.05) is 6.92 Å². The molecule has 4 nitrogen and oxygen atoms in total. The standard InChI is InChI=1S/C18H16F2N2O2S/c1-10-17(15-6-11(15)8-19)22-16(23)7-13(21-18(22)25-10)9-24-14-4-2-12(20)3-5-14/h2-5,7,11,15H,6,8-9H2,1H3. The predicted molar refractivity (Wildman–Crippen MR) is 91.6 cm³/mol. The molecule has 1 aliphatic rings. The summed E-state index contributed by atoms with van der Waals surface area (Å²) >= 11 is 1.44. The molecular formula is C18H16F2N2O2S. The van der Waals surface area contributed by atoms with Gasteiger partial charge in [-0.2, -0.15) is 0 Å². The van der Waals surface area contributed by atoms with Crippen LogP contribution in [0.4, 0.5) is 8.78 Å². The van der Waals surface area contributed by atoms with Gasteiger partial charge in [-0.25, -0.2) is 9.37 Å². The third-order valence-corrected chi connectivity index (χ3v) is 5.43.